The smallest absolute Gasteiger partial charge is 0.459 e. The monoisotopic (exact) mass is 605 g/mol. The summed E-state index contributed by atoms with van der Waals surface area (Å²) < 4.78 is 52.6. The summed E-state index contributed by atoms with van der Waals surface area (Å²) in [6, 6.07) is 15.9. The zero-order chi connectivity index (χ0) is 30.7. The van der Waals surface area contributed by atoms with Crippen LogP contribution >= 0.6 is 7.75 Å². The summed E-state index contributed by atoms with van der Waals surface area (Å²) in [5, 5.41) is 13.3. The Hall–Kier alpha value is -3.61. The van der Waals surface area contributed by atoms with Gasteiger partial charge < -0.3 is 19.1 Å². The molecule has 1 aliphatic rings. The second-order valence-corrected chi connectivity index (χ2v) is 11.9. The van der Waals surface area contributed by atoms with Gasteiger partial charge in [-0.05, 0) is 51.0 Å². The lowest BCUT2D eigenvalue weighted by molar-refractivity contribution is -0.149. The summed E-state index contributed by atoms with van der Waals surface area (Å²) in [4.78, 5) is 38.2. The lowest BCUT2D eigenvalue weighted by atomic mass is 9.98. The van der Waals surface area contributed by atoms with Crippen LogP contribution in [0.3, 0.4) is 0 Å². The van der Waals surface area contributed by atoms with Crippen molar-refractivity contribution in [1.29, 1.82) is 0 Å². The van der Waals surface area contributed by atoms with Gasteiger partial charge in [0, 0.05) is 12.3 Å². The summed E-state index contributed by atoms with van der Waals surface area (Å²) in [7, 11) is -4.42. The first-order valence-corrected chi connectivity index (χ1v) is 14.7. The van der Waals surface area contributed by atoms with Gasteiger partial charge >= 0.3 is 19.4 Å². The van der Waals surface area contributed by atoms with E-state index in [1.807, 2.05) is 41.4 Å². The number of hydrogen-bond donors (Lipinski definition) is 3. The number of carbonyl (C=O) groups excluding carboxylic acids is 1. The summed E-state index contributed by atoms with van der Waals surface area (Å²) in [6.07, 6.45) is -4.29. The molecular formula is C28H33FN3O9P. The number of aromatic amines is 1. The lowest BCUT2D eigenvalue weighted by Gasteiger charge is -2.25. The highest BCUT2D eigenvalue weighted by molar-refractivity contribution is 7.52. The van der Waals surface area contributed by atoms with E-state index in [1.165, 1.54) is 6.92 Å². The van der Waals surface area contributed by atoms with E-state index in [9.17, 15) is 24.1 Å². The Morgan fingerprint density at radius 2 is 1.83 bits per heavy atom. The Morgan fingerprint density at radius 3 is 2.50 bits per heavy atom. The Balaban J connectivity index is 1.58. The van der Waals surface area contributed by atoms with Gasteiger partial charge in [0.1, 0.15) is 24.0 Å². The fourth-order valence-electron chi connectivity index (χ4n) is 4.35. The number of hydrogen-bond acceptors (Lipinski definition) is 9. The molecule has 12 nitrogen and oxygen atoms in total. The first-order chi connectivity index (χ1) is 19.8. The van der Waals surface area contributed by atoms with Crippen LogP contribution < -0.4 is 20.9 Å². The molecule has 1 aromatic heterocycles. The molecule has 6 atom stereocenters. The molecule has 42 heavy (non-hydrogen) atoms. The SMILES string of the molecule is CC(C)OC(=O)[C@H](C)NP(=O)(OC[C@H]1O[C@@H](n2ccc(=O)[nH]c2=O)[C@](C)(F)[C@@H]1O)Oc1cccc(-c2ccccc2)c1. The maximum Gasteiger partial charge on any atom is 0.459 e. The van der Waals surface area contributed by atoms with Gasteiger partial charge in [0.15, 0.2) is 11.9 Å². The Bertz CT molecular complexity index is 1560. The summed E-state index contributed by atoms with van der Waals surface area (Å²) in [5.74, 6) is -0.584. The number of nitrogens with one attached hydrogen (secondary N) is 2. The molecule has 0 saturated carbocycles. The fourth-order valence-corrected chi connectivity index (χ4v) is 5.84. The van der Waals surface area contributed by atoms with E-state index in [0.717, 1.165) is 34.9 Å². The number of rotatable bonds is 11. The molecule has 2 heterocycles. The molecule has 0 spiro atoms. The minimum absolute atomic E-state index is 0.137. The number of halogens is 1. The van der Waals surface area contributed by atoms with Crippen LogP contribution in [0.25, 0.3) is 11.1 Å². The third-order valence-electron chi connectivity index (χ3n) is 6.45. The molecule has 3 N–H and O–H groups in total. The Morgan fingerprint density at radius 1 is 1.14 bits per heavy atom. The molecule has 0 aliphatic carbocycles. The van der Waals surface area contributed by atoms with Crippen molar-refractivity contribution in [3.8, 4) is 16.9 Å². The maximum atomic E-state index is 15.6. The molecule has 226 valence electrons. The predicted molar refractivity (Wildman–Crippen MR) is 151 cm³/mol. The second kappa shape index (κ2) is 12.7. The predicted octanol–water partition coefficient (Wildman–Crippen LogP) is 3.32. The minimum atomic E-state index is -4.42. The average Bonchev–Trinajstić information content (AvgIpc) is 3.15. The highest BCUT2D eigenvalue weighted by atomic mass is 31.2. The molecule has 0 radical (unpaired) electrons. The molecule has 2 aromatic carbocycles. The van der Waals surface area contributed by atoms with Crippen molar-refractivity contribution in [2.75, 3.05) is 6.61 Å². The molecule has 4 rings (SSSR count). The topological polar surface area (TPSA) is 158 Å². The van der Waals surface area contributed by atoms with Crippen molar-refractivity contribution in [2.45, 2.75) is 63.9 Å². The van der Waals surface area contributed by atoms with Crippen molar-refractivity contribution >= 4 is 13.7 Å². The molecule has 1 saturated heterocycles. The van der Waals surface area contributed by atoms with Crippen LogP contribution in [-0.2, 0) is 23.4 Å². The van der Waals surface area contributed by atoms with Crippen molar-refractivity contribution in [3.63, 3.8) is 0 Å². The van der Waals surface area contributed by atoms with Crippen molar-refractivity contribution in [3.05, 3.63) is 87.7 Å². The molecule has 3 aromatic rings. The molecule has 1 aliphatic heterocycles. The number of aliphatic hydroxyl groups excluding tert-OH is 1. The summed E-state index contributed by atoms with van der Waals surface area (Å²) >= 11 is 0. The van der Waals surface area contributed by atoms with E-state index in [4.69, 9.17) is 18.5 Å². The third kappa shape index (κ3) is 7.23. The van der Waals surface area contributed by atoms with Crippen LogP contribution in [0.2, 0.25) is 0 Å². The second-order valence-electron chi connectivity index (χ2n) is 10.3. The molecule has 1 fully saturated rings. The van der Waals surface area contributed by atoms with Crippen LogP contribution in [0, 0.1) is 0 Å². The lowest BCUT2D eigenvalue weighted by Crippen LogP contribution is -2.43. The first kappa shape index (κ1) is 31.3. The fraction of sp³-hybridized carbons (Fsp3) is 0.393. The van der Waals surface area contributed by atoms with Crippen LogP contribution in [0.4, 0.5) is 4.39 Å². The van der Waals surface area contributed by atoms with Crippen LogP contribution in [0.1, 0.15) is 33.9 Å². The normalized spacial score (nSPS) is 24.2. The number of nitrogens with zero attached hydrogens (tertiary/aromatic N) is 1. The third-order valence-corrected chi connectivity index (χ3v) is 8.10. The number of esters is 1. The number of H-pyrrole nitrogens is 1. The molecule has 1 unspecified atom stereocenters. The zero-order valence-corrected chi connectivity index (χ0v) is 24.3. The molecular weight excluding hydrogens is 572 g/mol. The van der Waals surface area contributed by atoms with Gasteiger partial charge in [-0.3, -0.25) is 23.7 Å². The highest BCUT2D eigenvalue weighted by Gasteiger charge is 2.56. The van der Waals surface area contributed by atoms with Crippen LogP contribution in [0.5, 0.6) is 5.75 Å². The number of alkyl halides is 1. The van der Waals surface area contributed by atoms with Crippen LogP contribution in [-0.4, -0.2) is 57.3 Å². The minimum Gasteiger partial charge on any atom is -0.462 e. The number of carbonyl (C=O) groups is 1. The van der Waals surface area contributed by atoms with Gasteiger partial charge in [-0.15, -0.1) is 0 Å². The maximum absolute atomic E-state index is 15.6. The molecule has 0 amide bonds. The molecule has 14 heteroatoms. The Kier molecular flexibility index (Phi) is 9.49. The van der Waals surface area contributed by atoms with Gasteiger partial charge in [0.25, 0.3) is 5.56 Å². The standard InChI is InChI=1S/C28H33FN3O9P/c1-17(2)39-25(35)18(3)31-42(37,41-21-12-8-11-20(15-21)19-9-6-5-7-10-19)38-16-22-24(34)28(4,29)26(40-22)32-14-13-23(33)30-27(32)36/h5-15,17-18,22,24,26,34H,16H2,1-4H3,(H,31,37)(H,30,33,36)/t18-,22+,24+,26+,28+,42?/m0/s1. The first-order valence-electron chi connectivity index (χ1n) is 13.2. The van der Waals surface area contributed by atoms with E-state index in [-0.39, 0.29) is 5.75 Å². The van der Waals surface area contributed by atoms with Gasteiger partial charge in [0.2, 0.25) is 0 Å². The molecule has 0 bridgehead atoms. The van der Waals surface area contributed by atoms with E-state index in [1.54, 1.807) is 32.0 Å². The number of ether oxygens (including phenoxy) is 2. The van der Waals surface area contributed by atoms with Crippen molar-refractivity contribution < 1.29 is 37.4 Å². The van der Waals surface area contributed by atoms with Gasteiger partial charge in [-0.2, -0.15) is 5.09 Å². The quantitative estimate of drug-likeness (QED) is 0.219. The van der Waals surface area contributed by atoms with Crippen LogP contribution in [0.15, 0.2) is 76.4 Å². The highest BCUT2D eigenvalue weighted by Crippen LogP contribution is 2.48. The summed E-state index contributed by atoms with van der Waals surface area (Å²) in [6.45, 7) is 5.08. The average molecular weight is 606 g/mol. The van der Waals surface area contributed by atoms with E-state index in [0.29, 0.717) is 0 Å². The van der Waals surface area contributed by atoms with E-state index >= 15 is 4.39 Å². The number of benzene rings is 2. The van der Waals surface area contributed by atoms with Gasteiger partial charge in [0.05, 0.1) is 12.7 Å². The van der Waals surface area contributed by atoms with E-state index < -0.39 is 67.8 Å². The van der Waals surface area contributed by atoms with Crippen molar-refractivity contribution in [2.24, 2.45) is 0 Å². The number of aromatic nitrogens is 2. The van der Waals surface area contributed by atoms with Gasteiger partial charge in [-0.1, -0.05) is 42.5 Å². The number of aliphatic hydroxyl groups is 1. The van der Waals surface area contributed by atoms with Gasteiger partial charge in [-0.25, -0.2) is 13.8 Å². The van der Waals surface area contributed by atoms with Crippen molar-refractivity contribution in [1.82, 2.24) is 14.6 Å². The zero-order valence-electron chi connectivity index (χ0n) is 23.4. The Labute approximate surface area is 241 Å². The largest absolute Gasteiger partial charge is 0.462 e. The summed E-state index contributed by atoms with van der Waals surface area (Å²) in [5.41, 5.74) is -2.53. The van der Waals surface area contributed by atoms with E-state index in [2.05, 4.69) is 5.09 Å².